The van der Waals surface area contributed by atoms with E-state index in [2.05, 4.69) is 20.7 Å². The largest absolute Gasteiger partial charge is 0.354 e. The number of imidazole rings is 1. The van der Waals surface area contributed by atoms with Crippen molar-refractivity contribution < 1.29 is 9.59 Å². The average molecular weight is 439 g/mol. The Hall–Kier alpha value is -1.71. The summed E-state index contributed by atoms with van der Waals surface area (Å²) in [4.78, 5) is 33.1. The number of nitrogens with one attached hydrogen (secondary N) is 2. The van der Waals surface area contributed by atoms with Crippen molar-refractivity contribution in [2.75, 3.05) is 19.6 Å². The third-order valence-electron chi connectivity index (χ3n) is 6.39. The number of carbonyl (C=O) groups excluding carboxylic acids is 2. The molecular weight excluding hydrogens is 412 g/mol. The van der Waals surface area contributed by atoms with E-state index in [1.54, 1.807) is 15.9 Å². The van der Waals surface area contributed by atoms with Gasteiger partial charge in [-0.25, -0.2) is 9.50 Å². The zero-order valence-electron chi connectivity index (χ0n) is 16.5. The number of rotatable bonds is 4. The highest BCUT2D eigenvalue weighted by atomic mass is 35.5. The molecule has 2 bridgehead atoms. The van der Waals surface area contributed by atoms with E-state index in [4.69, 9.17) is 0 Å². The van der Waals surface area contributed by atoms with E-state index in [9.17, 15) is 9.59 Å². The van der Waals surface area contributed by atoms with Gasteiger partial charge in [-0.05, 0) is 38.6 Å². The Morgan fingerprint density at radius 1 is 1.38 bits per heavy atom. The van der Waals surface area contributed by atoms with Gasteiger partial charge in [0, 0.05) is 37.9 Å². The lowest BCUT2D eigenvalue weighted by atomic mass is 9.72. The molecule has 5 heterocycles. The van der Waals surface area contributed by atoms with Crippen molar-refractivity contribution in [3.63, 3.8) is 0 Å². The lowest BCUT2D eigenvalue weighted by Gasteiger charge is -2.53. The standard InChI is InChI=1S/C19H26N6O2S.ClH/c1-11-23-24-10-14(22-19(24)28-11)5-6-21-18(27)17-13-7-12(8-20-9-13)15-3-2-4-16(26)25(15)17;/h10,12-13,15,17,20H,2-9H2,1H3,(H,21,27);1H/t12-,13+,15+,17-;/m1./s1. The fourth-order valence-corrected chi connectivity index (χ4v) is 5.98. The van der Waals surface area contributed by atoms with Gasteiger partial charge in [0.15, 0.2) is 0 Å². The SMILES string of the molecule is Cc1nn2cc(CCNC(=O)[C@H]3[C@@H]4CNC[C@@H](C4)[C@@H]4CCCC(=O)N43)nc2s1.Cl. The molecule has 0 aromatic carbocycles. The summed E-state index contributed by atoms with van der Waals surface area (Å²) >= 11 is 1.56. The summed E-state index contributed by atoms with van der Waals surface area (Å²) in [6.45, 7) is 4.26. The van der Waals surface area contributed by atoms with E-state index in [1.165, 1.54) is 0 Å². The van der Waals surface area contributed by atoms with E-state index in [-0.39, 0.29) is 42.2 Å². The van der Waals surface area contributed by atoms with Crippen LogP contribution in [0.3, 0.4) is 0 Å². The van der Waals surface area contributed by atoms with Gasteiger partial charge >= 0.3 is 0 Å². The highest BCUT2D eigenvalue weighted by Crippen LogP contribution is 2.39. The van der Waals surface area contributed by atoms with Crippen LogP contribution in [0, 0.1) is 18.8 Å². The number of carbonyl (C=O) groups is 2. The Bertz CT molecular complexity index is 882. The zero-order chi connectivity index (χ0) is 19.3. The number of nitrogens with zero attached hydrogens (tertiary/aromatic N) is 4. The number of halogens is 1. The molecule has 10 heteroatoms. The number of fused-ring (bicyclic) bond motifs is 5. The van der Waals surface area contributed by atoms with Crippen molar-refractivity contribution in [2.24, 2.45) is 11.8 Å². The normalized spacial score (nSPS) is 28.7. The molecule has 8 nitrogen and oxygen atoms in total. The number of aromatic nitrogens is 3. The van der Waals surface area contributed by atoms with Gasteiger partial charge in [0.2, 0.25) is 16.8 Å². The third-order valence-corrected chi connectivity index (χ3v) is 7.23. The molecule has 0 unspecified atom stereocenters. The summed E-state index contributed by atoms with van der Waals surface area (Å²) in [6, 6.07) is -0.119. The summed E-state index contributed by atoms with van der Waals surface area (Å²) in [5.74, 6) is 0.842. The van der Waals surface area contributed by atoms with Crippen molar-refractivity contribution in [2.45, 2.75) is 51.1 Å². The summed E-state index contributed by atoms with van der Waals surface area (Å²) in [7, 11) is 0. The third kappa shape index (κ3) is 3.75. The Morgan fingerprint density at radius 2 is 2.21 bits per heavy atom. The van der Waals surface area contributed by atoms with Crippen LogP contribution in [-0.2, 0) is 16.0 Å². The first-order chi connectivity index (χ1) is 13.6. The van der Waals surface area contributed by atoms with Gasteiger partial charge in [-0.3, -0.25) is 9.59 Å². The second-order valence-electron chi connectivity index (χ2n) is 8.24. The fraction of sp³-hybridized carbons (Fsp3) is 0.684. The Balaban J connectivity index is 0.00000205. The maximum Gasteiger partial charge on any atom is 0.243 e. The lowest BCUT2D eigenvalue weighted by molar-refractivity contribution is -0.157. The molecule has 5 rings (SSSR count). The molecule has 2 aromatic rings. The molecule has 0 radical (unpaired) electrons. The first-order valence-electron chi connectivity index (χ1n) is 10.2. The van der Waals surface area contributed by atoms with Crippen LogP contribution in [0.1, 0.15) is 36.4 Å². The molecule has 3 aliphatic heterocycles. The molecule has 3 fully saturated rings. The average Bonchev–Trinajstić information content (AvgIpc) is 3.20. The van der Waals surface area contributed by atoms with Crippen molar-refractivity contribution >= 4 is 40.5 Å². The van der Waals surface area contributed by atoms with Crippen LogP contribution in [-0.4, -0.2) is 63.0 Å². The molecule has 158 valence electrons. The molecule has 0 spiro atoms. The Morgan fingerprint density at radius 3 is 3.03 bits per heavy atom. The van der Waals surface area contributed by atoms with Gasteiger partial charge in [-0.15, -0.1) is 12.4 Å². The van der Waals surface area contributed by atoms with Gasteiger partial charge in [-0.1, -0.05) is 11.3 Å². The highest BCUT2D eigenvalue weighted by molar-refractivity contribution is 7.16. The highest BCUT2D eigenvalue weighted by Gasteiger charge is 2.50. The van der Waals surface area contributed by atoms with Crippen LogP contribution >= 0.6 is 23.7 Å². The molecular formula is C19H27ClN6O2S. The van der Waals surface area contributed by atoms with E-state index >= 15 is 0 Å². The van der Waals surface area contributed by atoms with Gasteiger partial charge in [0.05, 0.1) is 11.9 Å². The monoisotopic (exact) mass is 438 g/mol. The topological polar surface area (TPSA) is 91.6 Å². The number of hydrogen-bond acceptors (Lipinski definition) is 6. The number of hydrogen-bond donors (Lipinski definition) is 2. The van der Waals surface area contributed by atoms with E-state index < -0.39 is 0 Å². The second kappa shape index (κ2) is 8.20. The van der Waals surface area contributed by atoms with Crippen molar-refractivity contribution in [3.05, 3.63) is 16.9 Å². The minimum Gasteiger partial charge on any atom is -0.354 e. The van der Waals surface area contributed by atoms with E-state index in [0.29, 0.717) is 25.3 Å². The summed E-state index contributed by atoms with van der Waals surface area (Å²) in [5.41, 5.74) is 0.925. The summed E-state index contributed by atoms with van der Waals surface area (Å²) < 4.78 is 1.79. The van der Waals surface area contributed by atoms with Crippen LogP contribution in [0.15, 0.2) is 6.20 Å². The Kier molecular flexibility index (Phi) is 5.81. The predicted molar refractivity (Wildman–Crippen MR) is 112 cm³/mol. The predicted octanol–water partition coefficient (Wildman–Crippen LogP) is 1.17. The maximum atomic E-state index is 13.1. The van der Waals surface area contributed by atoms with E-state index in [0.717, 1.165) is 48.0 Å². The van der Waals surface area contributed by atoms with Crippen molar-refractivity contribution in [1.29, 1.82) is 0 Å². The van der Waals surface area contributed by atoms with Crippen LogP contribution < -0.4 is 10.6 Å². The summed E-state index contributed by atoms with van der Waals surface area (Å²) in [5, 5.41) is 11.9. The quantitative estimate of drug-likeness (QED) is 0.747. The van der Waals surface area contributed by atoms with Gasteiger partial charge in [-0.2, -0.15) is 5.10 Å². The second-order valence-corrected chi connectivity index (χ2v) is 9.40. The van der Waals surface area contributed by atoms with Crippen molar-refractivity contribution in [3.8, 4) is 0 Å². The molecule has 2 N–H and O–H groups in total. The molecule has 0 saturated carbocycles. The van der Waals surface area contributed by atoms with Crippen LogP contribution in [0.4, 0.5) is 0 Å². The molecule has 2 aromatic heterocycles. The van der Waals surface area contributed by atoms with Crippen LogP contribution in [0.5, 0.6) is 0 Å². The maximum absolute atomic E-state index is 13.1. The zero-order valence-corrected chi connectivity index (χ0v) is 18.1. The van der Waals surface area contributed by atoms with Gasteiger partial charge in [0.25, 0.3) is 0 Å². The summed E-state index contributed by atoms with van der Waals surface area (Å²) in [6.07, 6.45) is 6.17. The molecule has 2 amide bonds. The lowest BCUT2D eigenvalue weighted by Crippen LogP contribution is -2.68. The van der Waals surface area contributed by atoms with Crippen LogP contribution in [0.2, 0.25) is 0 Å². The smallest absolute Gasteiger partial charge is 0.243 e. The van der Waals surface area contributed by atoms with Crippen LogP contribution in [0.25, 0.3) is 4.96 Å². The van der Waals surface area contributed by atoms with E-state index in [1.807, 2.05) is 18.0 Å². The van der Waals surface area contributed by atoms with Gasteiger partial charge in [0.1, 0.15) is 11.0 Å². The molecule has 4 atom stereocenters. The number of amides is 2. The molecule has 3 aliphatic rings. The van der Waals surface area contributed by atoms with Crippen molar-refractivity contribution in [1.82, 2.24) is 30.1 Å². The number of aryl methyl sites for hydroxylation is 1. The van der Waals surface area contributed by atoms with Gasteiger partial charge < -0.3 is 15.5 Å². The first kappa shape index (κ1) is 20.6. The fourth-order valence-electron chi connectivity index (χ4n) is 5.23. The first-order valence-corrected chi connectivity index (χ1v) is 11.0. The Labute approximate surface area is 179 Å². The minimum atomic E-state index is -0.336. The molecule has 3 saturated heterocycles. The number of piperidine rings is 3. The minimum absolute atomic E-state index is 0. The molecule has 29 heavy (non-hydrogen) atoms. The molecule has 0 aliphatic carbocycles.